The molecule has 0 radical (unpaired) electrons. The Morgan fingerprint density at radius 1 is 1.50 bits per heavy atom. The van der Waals surface area contributed by atoms with E-state index in [9.17, 15) is 0 Å². The molecule has 0 saturated carbocycles. The molecule has 0 bridgehead atoms. The van der Waals surface area contributed by atoms with Crippen molar-refractivity contribution in [3.63, 3.8) is 0 Å². The summed E-state index contributed by atoms with van der Waals surface area (Å²) in [6.45, 7) is 2.12. The fourth-order valence-corrected chi connectivity index (χ4v) is 2.49. The number of rotatable bonds is 5. The molecule has 0 aliphatic carbocycles. The predicted molar refractivity (Wildman–Crippen MR) is 78.9 cm³/mol. The number of pyridine rings is 1. The van der Waals surface area contributed by atoms with E-state index in [2.05, 4.69) is 22.2 Å². The zero-order valence-corrected chi connectivity index (χ0v) is 11.6. The second-order valence-corrected chi connectivity index (χ2v) is 5.14. The van der Waals surface area contributed by atoms with Crippen LogP contribution in [0.5, 0.6) is 0 Å². The minimum Gasteiger partial charge on any atom is -0.388 e. The van der Waals surface area contributed by atoms with Crippen LogP contribution in [0.4, 0.5) is 5.69 Å². The molecule has 0 saturated heterocycles. The highest BCUT2D eigenvalue weighted by Gasteiger charge is 2.12. The van der Waals surface area contributed by atoms with E-state index < -0.39 is 0 Å². The molecule has 1 unspecified atom stereocenters. The molecule has 0 spiro atoms. The number of hydrogen-bond donors (Lipinski definition) is 2. The molecule has 2 aromatic heterocycles. The van der Waals surface area contributed by atoms with Crippen LogP contribution >= 0.6 is 23.6 Å². The number of thiazole rings is 1. The summed E-state index contributed by atoms with van der Waals surface area (Å²) in [6, 6.07) is 3.96. The molecule has 2 rings (SSSR count). The van der Waals surface area contributed by atoms with Crippen LogP contribution < -0.4 is 11.1 Å². The van der Waals surface area contributed by atoms with Crippen molar-refractivity contribution < 1.29 is 0 Å². The van der Waals surface area contributed by atoms with E-state index in [-0.39, 0.29) is 6.04 Å². The molecular weight excluding hydrogens is 264 g/mol. The van der Waals surface area contributed by atoms with Crippen molar-refractivity contribution in [1.29, 1.82) is 0 Å². The van der Waals surface area contributed by atoms with Gasteiger partial charge in [-0.05, 0) is 18.6 Å². The van der Waals surface area contributed by atoms with Gasteiger partial charge in [0.05, 0.1) is 11.7 Å². The number of hydrogen-bond acceptors (Lipinski definition) is 5. The van der Waals surface area contributed by atoms with Gasteiger partial charge in [-0.2, -0.15) is 0 Å². The van der Waals surface area contributed by atoms with Crippen LogP contribution in [-0.2, 0) is 0 Å². The van der Waals surface area contributed by atoms with Gasteiger partial charge in [0.25, 0.3) is 0 Å². The number of anilines is 1. The van der Waals surface area contributed by atoms with Crippen LogP contribution in [0.25, 0.3) is 0 Å². The molecule has 2 heterocycles. The van der Waals surface area contributed by atoms with E-state index in [0.717, 1.165) is 17.1 Å². The summed E-state index contributed by atoms with van der Waals surface area (Å²) in [5.41, 5.74) is 7.15. The molecule has 18 heavy (non-hydrogen) atoms. The van der Waals surface area contributed by atoms with Gasteiger partial charge in [-0.1, -0.05) is 19.1 Å². The molecule has 0 amide bonds. The molecule has 0 aliphatic heterocycles. The van der Waals surface area contributed by atoms with E-state index in [0.29, 0.717) is 10.7 Å². The predicted octanol–water partition coefficient (Wildman–Crippen LogP) is 2.74. The zero-order valence-electron chi connectivity index (χ0n) is 9.96. The Bertz CT molecular complexity index is 525. The highest BCUT2D eigenvalue weighted by Crippen LogP contribution is 2.24. The number of nitrogens with zero attached hydrogens (tertiary/aromatic N) is 2. The Balaban J connectivity index is 2.17. The third-order valence-corrected chi connectivity index (χ3v) is 3.61. The maximum Gasteiger partial charge on any atom is 0.122 e. The highest BCUT2D eigenvalue weighted by atomic mass is 32.1. The smallest absolute Gasteiger partial charge is 0.122 e. The number of thiocarbonyl (C=S) groups is 1. The van der Waals surface area contributed by atoms with Gasteiger partial charge in [0.1, 0.15) is 10.00 Å². The van der Waals surface area contributed by atoms with Crippen LogP contribution in [0.15, 0.2) is 29.9 Å². The Morgan fingerprint density at radius 2 is 2.33 bits per heavy atom. The van der Waals surface area contributed by atoms with Crippen molar-refractivity contribution in [2.75, 3.05) is 5.32 Å². The van der Waals surface area contributed by atoms with Crippen LogP contribution in [0.2, 0.25) is 0 Å². The van der Waals surface area contributed by atoms with Gasteiger partial charge in [-0.15, -0.1) is 11.3 Å². The van der Waals surface area contributed by atoms with Crippen LogP contribution in [0, 0.1) is 0 Å². The van der Waals surface area contributed by atoms with Crippen molar-refractivity contribution in [3.8, 4) is 0 Å². The van der Waals surface area contributed by atoms with Gasteiger partial charge >= 0.3 is 0 Å². The van der Waals surface area contributed by atoms with Crippen molar-refractivity contribution in [2.45, 2.75) is 19.4 Å². The minimum absolute atomic E-state index is 0.201. The maximum absolute atomic E-state index is 5.57. The normalized spacial score (nSPS) is 12.1. The van der Waals surface area contributed by atoms with Crippen LogP contribution in [0.3, 0.4) is 0 Å². The minimum atomic E-state index is 0.201. The SMILES string of the molecule is CCC(Nc1ccnc(C(N)=S)c1)c1nccs1. The fourth-order valence-electron chi connectivity index (χ4n) is 1.60. The van der Waals surface area contributed by atoms with Gasteiger partial charge in [0.15, 0.2) is 0 Å². The summed E-state index contributed by atoms with van der Waals surface area (Å²) in [7, 11) is 0. The molecule has 4 nitrogen and oxygen atoms in total. The van der Waals surface area contributed by atoms with E-state index in [1.54, 1.807) is 17.5 Å². The van der Waals surface area contributed by atoms with Crippen molar-refractivity contribution in [2.24, 2.45) is 5.73 Å². The lowest BCUT2D eigenvalue weighted by atomic mass is 10.2. The summed E-state index contributed by atoms with van der Waals surface area (Å²) in [4.78, 5) is 8.75. The summed E-state index contributed by atoms with van der Waals surface area (Å²) < 4.78 is 0. The first-order valence-corrected chi connectivity index (χ1v) is 6.91. The number of nitrogens with two attached hydrogens (primary N) is 1. The second kappa shape index (κ2) is 5.88. The number of aromatic nitrogens is 2. The van der Waals surface area contributed by atoms with Gasteiger partial charge in [-0.3, -0.25) is 4.98 Å². The molecule has 0 fully saturated rings. The van der Waals surface area contributed by atoms with Crippen molar-refractivity contribution >= 4 is 34.2 Å². The molecule has 0 aromatic carbocycles. The summed E-state index contributed by atoms with van der Waals surface area (Å²) >= 11 is 6.57. The molecule has 0 aliphatic rings. The van der Waals surface area contributed by atoms with Crippen LogP contribution in [-0.4, -0.2) is 15.0 Å². The lowest BCUT2D eigenvalue weighted by molar-refractivity contribution is 0.742. The number of nitrogens with one attached hydrogen (secondary N) is 1. The zero-order chi connectivity index (χ0) is 13.0. The average molecular weight is 278 g/mol. The second-order valence-electron chi connectivity index (χ2n) is 3.77. The summed E-state index contributed by atoms with van der Waals surface area (Å²) in [6.07, 6.45) is 4.47. The van der Waals surface area contributed by atoms with E-state index in [1.807, 2.05) is 23.7 Å². The van der Waals surface area contributed by atoms with E-state index in [4.69, 9.17) is 18.0 Å². The molecular formula is C12H14N4S2. The van der Waals surface area contributed by atoms with Gasteiger partial charge in [0, 0.05) is 23.5 Å². The third kappa shape index (κ3) is 3.02. The fraction of sp³-hybridized carbons (Fsp3) is 0.250. The van der Waals surface area contributed by atoms with E-state index >= 15 is 0 Å². The maximum atomic E-state index is 5.57. The van der Waals surface area contributed by atoms with Gasteiger partial charge < -0.3 is 11.1 Å². The Hall–Kier alpha value is -1.53. The topological polar surface area (TPSA) is 63.8 Å². The van der Waals surface area contributed by atoms with Crippen LogP contribution in [0.1, 0.15) is 30.1 Å². The largest absolute Gasteiger partial charge is 0.388 e. The Morgan fingerprint density at radius 3 is 2.94 bits per heavy atom. The van der Waals surface area contributed by atoms with E-state index in [1.165, 1.54) is 0 Å². The Kier molecular flexibility index (Phi) is 4.22. The first-order valence-electron chi connectivity index (χ1n) is 5.62. The molecule has 3 N–H and O–H groups in total. The van der Waals surface area contributed by atoms with Gasteiger partial charge in [-0.25, -0.2) is 4.98 Å². The molecule has 1 atom stereocenters. The van der Waals surface area contributed by atoms with Crippen molar-refractivity contribution in [1.82, 2.24) is 9.97 Å². The summed E-state index contributed by atoms with van der Waals surface area (Å²) in [5, 5.41) is 6.47. The van der Waals surface area contributed by atoms with Crippen molar-refractivity contribution in [3.05, 3.63) is 40.6 Å². The molecule has 94 valence electrons. The highest BCUT2D eigenvalue weighted by molar-refractivity contribution is 7.80. The first-order chi connectivity index (χ1) is 8.70. The molecule has 2 aromatic rings. The summed E-state index contributed by atoms with van der Waals surface area (Å²) in [5.74, 6) is 0. The average Bonchev–Trinajstić information content (AvgIpc) is 2.90. The quantitative estimate of drug-likeness (QED) is 0.823. The monoisotopic (exact) mass is 278 g/mol. The third-order valence-electron chi connectivity index (χ3n) is 2.51. The van der Waals surface area contributed by atoms with Gasteiger partial charge in [0.2, 0.25) is 0 Å². The Labute approximate surface area is 115 Å². The molecule has 6 heteroatoms. The first kappa shape index (κ1) is 12.9. The standard InChI is InChI=1S/C12H14N4S2/c1-2-9(12-15-5-6-18-12)16-8-3-4-14-10(7-8)11(13)17/h3-7,9H,2H2,1H3,(H2,13,17)(H,14,16). The lowest BCUT2D eigenvalue weighted by Crippen LogP contribution is -2.13. The lowest BCUT2D eigenvalue weighted by Gasteiger charge is -2.16.